The maximum absolute atomic E-state index is 13.5. The van der Waals surface area contributed by atoms with Gasteiger partial charge in [-0.3, -0.25) is 0 Å². The van der Waals surface area contributed by atoms with Crippen LogP contribution >= 0.6 is 11.8 Å². The van der Waals surface area contributed by atoms with Crippen LogP contribution in [-0.2, 0) is 0 Å². The Balaban J connectivity index is 2.46. The Morgan fingerprint density at radius 1 is 1.32 bits per heavy atom. The lowest BCUT2D eigenvalue weighted by atomic mass is 10.2. The Hall–Kier alpha value is -1.95. The summed E-state index contributed by atoms with van der Waals surface area (Å²) in [5, 5.41) is 9.26. The minimum absolute atomic E-state index is 0.000556. The number of benzene rings is 1. The predicted octanol–water partition coefficient (Wildman–Crippen LogP) is 3.52. The second-order valence-electron chi connectivity index (χ2n) is 3.79. The molecule has 0 unspecified atom stereocenters. The summed E-state index contributed by atoms with van der Waals surface area (Å²) in [6.45, 7) is 1.62. The highest BCUT2D eigenvalue weighted by molar-refractivity contribution is 7.99. The van der Waals surface area contributed by atoms with Crippen LogP contribution in [0.1, 0.15) is 15.9 Å². The Kier molecular flexibility index (Phi) is 3.80. The molecule has 1 aromatic heterocycles. The first-order valence-electron chi connectivity index (χ1n) is 5.31. The lowest BCUT2D eigenvalue weighted by Crippen LogP contribution is -2.03. The van der Waals surface area contributed by atoms with E-state index in [9.17, 15) is 13.6 Å². The van der Waals surface area contributed by atoms with Gasteiger partial charge in [0.05, 0.1) is 10.5 Å². The van der Waals surface area contributed by atoms with Crippen LogP contribution in [0.3, 0.4) is 0 Å². The summed E-state index contributed by atoms with van der Waals surface area (Å²) in [6, 6.07) is 4.56. The van der Waals surface area contributed by atoms with Gasteiger partial charge >= 0.3 is 5.97 Å². The van der Waals surface area contributed by atoms with Crippen LogP contribution in [0, 0.1) is 18.6 Å². The van der Waals surface area contributed by atoms with Gasteiger partial charge in [-0.1, -0.05) is 11.8 Å². The summed E-state index contributed by atoms with van der Waals surface area (Å²) < 4.78 is 26.6. The van der Waals surface area contributed by atoms with E-state index >= 15 is 0 Å². The summed E-state index contributed by atoms with van der Waals surface area (Å²) in [6.07, 6.45) is 1.43. The van der Waals surface area contributed by atoms with Gasteiger partial charge in [0.1, 0.15) is 16.7 Å². The third kappa shape index (κ3) is 2.90. The zero-order valence-corrected chi connectivity index (χ0v) is 10.7. The monoisotopic (exact) mass is 281 g/mol. The number of pyridine rings is 1. The zero-order chi connectivity index (χ0) is 14.0. The lowest BCUT2D eigenvalue weighted by Gasteiger charge is -2.08. The molecular weight excluding hydrogens is 272 g/mol. The van der Waals surface area contributed by atoms with Gasteiger partial charge < -0.3 is 5.11 Å². The number of rotatable bonds is 3. The Morgan fingerprint density at radius 3 is 2.74 bits per heavy atom. The predicted molar refractivity (Wildman–Crippen MR) is 66.4 cm³/mol. The van der Waals surface area contributed by atoms with E-state index in [1.165, 1.54) is 6.20 Å². The van der Waals surface area contributed by atoms with E-state index in [2.05, 4.69) is 4.98 Å². The molecule has 98 valence electrons. The number of nitrogens with zero attached hydrogens (tertiary/aromatic N) is 1. The van der Waals surface area contributed by atoms with E-state index in [1.807, 2.05) is 0 Å². The van der Waals surface area contributed by atoms with Crippen LogP contribution in [0.2, 0.25) is 0 Å². The van der Waals surface area contributed by atoms with Crippen LogP contribution in [0.5, 0.6) is 0 Å². The maximum atomic E-state index is 13.5. The fourth-order valence-corrected chi connectivity index (χ4v) is 2.54. The quantitative estimate of drug-likeness (QED) is 0.935. The van der Waals surface area contributed by atoms with E-state index in [-0.39, 0.29) is 15.5 Å². The minimum atomic E-state index is -1.15. The second kappa shape index (κ2) is 5.36. The smallest absolute Gasteiger partial charge is 0.338 e. The largest absolute Gasteiger partial charge is 0.478 e. The van der Waals surface area contributed by atoms with Crippen molar-refractivity contribution in [3.05, 3.63) is 53.2 Å². The maximum Gasteiger partial charge on any atom is 0.338 e. The highest BCUT2D eigenvalue weighted by Gasteiger charge is 2.17. The molecule has 0 saturated heterocycles. The fourth-order valence-electron chi connectivity index (χ4n) is 1.53. The molecular formula is C13H9F2NO2S. The zero-order valence-electron chi connectivity index (χ0n) is 9.85. The van der Waals surface area contributed by atoms with Gasteiger partial charge in [-0.15, -0.1) is 0 Å². The Morgan fingerprint density at radius 2 is 2.05 bits per heavy atom. The molecule has 0 bridgehead atoms. The first-order chi connectivity index (χ1) is 8.99. The molecule has 0 saturated carbocycles. The van der Waals surface area contributed by atoms with Crippen molar-refractivity contribution in [2.24, 2.45) is 0 Å². The number of carboxylic acids is 1. The van der Waals surface area contributed by atoms with Gasteiger partial charge in [-0.2, -0.15) is 0 Å². The molecule has 0 amide bonds. The van der Waals surface area contributed by atoms with E-state index in [0.717, 1.165) is 30.0 Å². The van der Waals surface area contributed by atoms with Gasteiger partial charge in [0.15, 0.2) is 0 Å². The first kappa shape index (κ1) is 13.5. The SMILES string of the molecule is Cc1ccnc(Sc2cc(F)ccc2F)c1C(=O)O. The Bertz CT molecular complexity index is 647. The number of aromatic nitrogens is 1. The van der Waals surface area contributed by atoms with E-state index < -0.39 is 17.6 Å². The van der Waals surface area contributed by atoms with Gasteiger partial charge in [0.25, 0.3) is 0 Å². The van der Waals surface area contributed by atoms with Crippen LogP contribution in [0.4, 0.5) is 8.78 Å². The molecule has 0 spiro atoms. The van der Waals surface area contributed by atoms with Crippen LogP contribution in [-0.4, -0.2) is 16.1 Å². The summed E-state index contributed by atoms with van der Waals surface area (Å²) >= 11 is 0.791. The third-order valence-corrected chi connectivity index (χ3v) is 3.47. The van der Waals surface area contributed by atoms with E-state index in [0.29, 0.717) is 5.56 Å². The molecule has 0 atom stereocenters. The first-order valence-corrected chi connectivity index (χ1v) is 6.12. The van der Waals surface area contributed by atoms with Crippen molar-refractivity contribution >= 4 is 17.7 Å². The number of aryl methyl sites for hydroxylation is 1. The molecule has 3 nitrogen and oxygen atoms in total. The lowest BCUT2D eigenvalue weighted by molar-refractivity contribution is 0.0691. The number of carboxylic acid groups (broad SMARTS) is 1. The average Bonchev–Trinajstić information content (AvgIpc) is 2.33. The van der Waals surface area contributed by atoms with Crippen LogP contribution in [0.25, 0.3) is 0 Å². The molecule has 1 N–H and O–H groups in total. The molecule has 1 heterocycles. The number of aromatic carboxylic acids is 1. The van der Waals surface area contributed by atoms with Crippen molar-refractivity contribution in [3.8, 4) is 0 Å². The topological polar surface area (TPSA) is 50.2 Å². The summed E-state index contributed by atoms with van der Waals surface area (Å²) in [4.78, 5) is 15.1. The number of hydrogen-bond acceptors (Lipinski definition) is 3. The van der Waals surface area contributed by atoms with E-state index in [1.54, 1.807) is 13.0 Å². The number of halogens is 2. The third-order valence-electron chi connectivity index (χ3n) is 2.44. The summed E-state index contributed by atoms with van der Waals surface area (Å²) in [7, 11) is 0. The van der Waals surface area contributed by atoms with Gasteiger partial charge in [-0.05, 0) is 36.8 Å². The number of carbonyl (C=O) groups is 1. The molecule has 2 rings (SSSR count). The molecule has 0 radical (unpaired) electrons. The molecule has 19 heavy (non-hydrogen) atoms. The minimum Gasteiger partial charge on any atom is -0.478 e. The molecule has 2 aromatic rings. The van der Waals surface area contributed by atoms with Crippen molar-refractivity contribution in [2.75, 3.05) is 0 Å². The highest BCUT2D eigenvalue weighted by atomic mass is 32.2. The second-order valence-corrected chi connectivity index (χ2v) is 4.82. The average molecular weight is 281 g/mol. The van der Waals surface area contributed by atoms with Crippen molar-refractivity contribution in [3.63, 3.8) is 0 Å². The summed E-state index contributed by atoms with van der Waals surface area (Å²) in [5.41, 5.74) is 0.512. The fraction of sp³-hybridized carbons (Fsp3) is 0.0769. The molecule has 0 aliphatic carbocycles. The van der Waals surface area contributed by atoms with Gasteiger partial charge in [-0.25, -0.2) is 18.6 Å². The number of hydrogen-bond donors (Lipinski definition) is 1. The Labute approximate surface area is 112 Å². The molecule has 0 aliphatic heterocycles. The highest BCUT2D eigenvalue weighted by Crippen LogP contribution is 2.32. The van der Waals surface area contributed by atoms with E-state index in [4.69, 9.17) is 5.11 Å². The molecule has 1 aromatic carbocycles. The van der Waals surface area contributed by atoms with Crippen LogP contribution < -0.4 is 0 Å². The van der Waals surface area contributed by atoms with Gasteiger partial charge in [0, 0.05) is 6.20 Å². The summed E-state index contributed by atoms with van der Waals surface area (Å²) in [5.74, 6) is -2.36. The van der Waals surface area contributed by atoms with Crippen LogP contribution in [0.15, 0.2) is 40.4 Å². The van der Waals surface area contributed by atoms with Gasteiger partial charge in [0.2, 0.25) is 0 Å². The molecule has 0 fully saturated rings. The van der Waals surface area contributed by atoms with Crippen molar-refractivity contribution in [2.45, 2.75) is 16.8 Å². The normalized spacial score (nSPS) is 10.5. The molecule has 6 heteroatoms. The standard InChI is InChI=1S/C13H9F2NO2S/c1-7-4-5-16-12(11(7)13(17)18)19-10-6-8(14)2-3-9(10)15/h2-6H,1H3,(H,17,18). The van der Waals surface area contributed by atoms with Crippen molar-refractivity contribution in [1.29, 1.82) is 0 Å². The van der Waals surface area contributed by atoms with Crippen molar-refractivity contribution in [1.82, 2.24) is 4.98 Å². The molecule has 0 aliphatic rings. The van der Waals surface area contributed by atoms with Crippen molar-refractivity contribution < 1.29 is 18.7 Å².